The Hall–Kier alpha value is -1.90. The lowest BCUT2D eigenvalue weighted by molar-refractivity contribution is 0.0953. The van der Waals surface area contributed by atoms with Gasteiger partial charge in [0.25, 0.3) is 5.91 Å². The second-order valence-electron chi connectivity index (χ2n) is 5.05. The fourth-order valence-corrected chi connectivity index (χ4v) is 4.42. The van der Waals surface area contributed by atoms with Gasteiger partial charge in [0.15, 0.2) is 0 Å². The lowest BCUT2D eigenvalue weighted by atomic mass is 10.2. The summed E-state index contributed by atoms with van der Waals surface area (Å²) >= 11 is 3.96. The summed E-state index contributed by atoms with van der Waals surface area (Å²) < 4.78 is 3.86. The summed E-state index contributed by atoms with van der Waals surface area (Å²) in [6.45, 7) is 2.43. The van der Waals surface area contributed by atoms with Gasteiger partial charge in [0, 0.05) is 4.88 Å². The Morgan fingerprint density at radius 3 is 2.83 bits per heavy atom. The Balaban J connectivity index is 1.62. The van der Waals surface area contributed by atoms with Crippen molar-refractivity contribution < 1.29 is 9.59 Å². The van der Waals surface area contributed by atoms with Crippen LogP contribution in [-0.4, -0.2) is 21.3 Å². The predicted octanol–water partition coefficient (Wildman–Crippen LogP) is 3.77. The van der Waals surface area contributed by atoms with Crippen molar-refractivity contribution >= 4 is 45.9 Å². The fourth-order valence-electron chi connectivity index (χ4n) is 2.15. The number of ketones is 1. The van der Waals surface area contributed by atoms with Gasteiger partial charge in [-0.2, -0.15) is 0 Å². The van der Waals surface area contributed by atoms with E-state index in [0.717, 1.165) is 39.8 Å². The molecule has 0 saturated carbocycles. The van der Waals surface area contributed by atoms with Crippen LogP contribution in [0.4, 0.5) is 0 Å². The largest absolute Gasteiger partial charge is 0.346 e. The van der Waals surface area contributed by atoms with Crippen LogP contribution in [0.15, 0.2) is 29.6 Å². The number of aryl methyl sites for hydroxylation is 1. The molecule has 3 aromatic heterocycles. The number of carbonyl (C=O) groups excluding carboxylic acids is 2. The first kappa shape index (κ1) is 16.9. The van der Waals surface area contributed by atoms with E-state index < -0.39 is 0 Å². The van der Waals surface area contributed by atoms with E-state index in [9.17, 15) is 9.59 Å². The number of nitrogens with one attached hydrogen (secondary N) is 1. The van der Waals surface area contributed by atoms with Gasteiger partial charge in [-0.05, 0) is 41.5 Å². The summed E-state index contributed by atoms with van der Waals surface area (Å²) in [7, 11) is 0. The molecular formula is C16H15N3O2S3. The van der Waals surface area contributed by atoms with E-state index in [1.807, 2.05) is 36.6 Å². The summed E-state index contributed by atoms with van der Waals surface area (Å²) in [5.41, 5.74) is 0.750. The molecule has 5 nitrogen and oxygen atoms in total. The topological polar surface area (TPSA) is 72.0 Å². The van der Waals surface area contributed by atoms with Crippen LogP contribution < -0.4 is 5.32 Å². The first-order chi connectivity index (χ1) is 11.7. The number of hydrogen-bond acceptors (Lipinski definition) is 7. The maximum Gasteiger partial charge on any atom is 0.265 e. The molecule has 0 spiro atoms. The van der Waals surface area contributed by atoms with E-state index in [1.54, 1.807) is 0 Å². The molecule has 0 unspecified atom stereocenters. The molecule has 0 aliphatic heterocycles. The van der Waals surface area contributed by atoms with E-state index in [4.69, 9.17) is 0 Å². The van der Waals surface area contributed by atoms with Crippen LogP contribution in [0.2, 0.25) is 0 Å². The Morgan fingerprint density at radius 2 is 2.08 bits per heavy atom. The maximum atomic E-state index is 12.3. The maximum absolute atomic E-state index is 12.3. The van der Waals surface area contributed by atoms with Gasteiger partial charge in [-0.3, -0.25) is 9.59 Å². The van der Waals surface area contributed by atoms with Gasteiger partial charge >= 0.3 is 0 Å². The van der Waals surface area contributed by atoms with Crippen molar-refractivity contribution in [3.05, 3.63) is 54.8 Å². The van der Waals surface area contributed by atoms with Crippen LogP contribution in [0.1, 0.15) is 48.1 Å². The highest BCUT2D eigenvalue weighted by Crippen LogP contribution is 2.22. The first-order valence-electron chi connectivity index (χ1n) is 7.45. The molecule has 0 atom stereocenters. The molecule has 0 saturated heterocycles. The van der Waals surface area contributed by atoms with Gasteiger partial charge in [-0.1, -0.05) is 23.9 Å². The molecule has 0 fully saturated rings. The second kappa shape index (κ2) is 7.78. The number of nitrogens with zero attached hydrogens (tertiary/aromatic N) is 2. The normalized spacial score (nSPS) is 10.7. The number of hydrogen-bond donors (Lipinski definition) is 1. The summed E-state index contributed by atoms with van der Waals surface area (Å²) in [4.78, 5) is 27.5. The summed E-state index contributed by atoms with van der Waals surface area (Å²) in [6.07, 6.45) is 1.67. The smallest absolute Gasteiger partial charge is 0.265 e. The van der Waals surface area contributed by atoms with Crippen molar-refractivity contribution in [1.29, 1.82) is 0 Å². The lowest BCUT2D eigenvalue weighted by Crippen LogP contribution is -2.22. The Bertz CT molecular complexity index is 837. The average molecular weight is 378 g/mol. The number of rotatable bonds is 7. The molecule has 3 rings (SSSR count). The highest BCUT2D eigenvalue weighted by molar-refractivity contribution is 7.16. The van der Waals surface area contributed by atoms with E-state index in [0.29, 0.717) is 16.3 Å². The van der Waals surface area contributed by atoms with Crippen molar-refractivity contribution in [2.24, 2.45) is 0 Å². The minimum absolute atomic E-state index is 0.0319. The van der Waals surface area contributed by atoms with Crippen molar-refractivity contribution in [1.82, 2.24) is 14.9 Å². The zero-order valence-electron chi connectivity index (χ0n) is 12.9. The number of thiophene rings is 2. The van der Waals surface area contributed by atoms with Gasteiger partial charge in [-0.25, -0.2) is 0 Å². The molecule has 0 bridgehead atoms. The lowest BCUT2D eigenvalue weighted by Gasteiger charge is -2.02. The third kappa shape index (κ3) is 3.77. The molecule has 8 heteroatoms. The third-order valence-corrected chi connectivity index (χ3v) is 6.02. The first-order valence-corrected chi connectivity index (χ1v) is 9.92. The van der Waals surface area contributed by atoms with Crippen molar-refractivity contribution in [3.8, 4) is 0 Å². The third-order valence-electron chi connectivity index (χ3n) is 3.30. The van der Waals surface area contributed by atoms with E-state index in [-0.39, 0.29) is 11.7 Å². The highest BCUT2D eigenvalue weighted by atomic mass is 32.1. The minimum atomic E-state index is -0.159. The summed E-state index contributed by atoms with van der Waals surface area (Å²) in [6, 6.07) is 7.37. The Kier molecular flexibility index (Phi) is 5.49. The molecule has 24 heavy (non-hydrogen) atoms. The second-order valence-corrected chi connectivity index (χ2v) is 7.92. The minimum Gasteiger partial charge on any atom is -0.346 e. The van der Waals surface area contributed by atoms with Crippen LogP contribution in [0, 0.1) is 0 Å². The molecule has 0 aliphatic carbocycles. The highest BCUT2D eigenvalue weighted by Gasteiger charge is 2.16. The van der Waals surface area contributed by atoms with Gasteiger partial charge < -0.3 is 5.32 Å². The van der Waals surface area contributed by atoms with Crippen LogP contribution in [-0.2, 0) is 13.0 Å². The molecular weight excluding hydrogens is 362 g/mol. The molecule has 3 aromatic rings. The van der Waals surface area contributed by atoms with E-state index in [2.05, 4.69) is 14.9 Å². The van der Waals surface area contributed by atoms with E-state index in [1.165, 1.54) is 22.7 Å². The zero-order valence-corrected chi connectivity index (χ0v) is 15.4. The molecule has 0 aromatic carbocycles. The van der Waals surface area contributed by atoms with Crippen LogP contribution >= 0.6 is 34.2 Å². The Morgan fingerprint density at radius 1 is 1.21 bits per heavy atom. The number of carbonyl (C=O) groups is 2. The monoisotopic (exact) mass is 377 g/mol. The fraction of sp³-hybridized carbons (Fsp3) is 0.250. The summed E-state index contributed by atoms with van der Waals surface area (Å²) in [5.74, 6) is -0.127. The van der Waals surface area contributed by atoms with Crippen molar-refractivity contribution in [3.63, 3.8) is 0 Å². The van der Waals surface area contributed by atoms with Gasteiger partial charge in [0.1, 0.15) is 4.88 Å². The van der Waals surface area contributed by atoms with E-state index >= 15 is 0 Å². The van der Waals surface area contributed by atoms with Gasteiger partial charge in [-0.15, -0.1) is 27.8 Å². The summed E-state index contributed by atoms with van der Waals surface area (Å²) in [5, 5.41) is 8.77. The Labute approximate surface area is 151 Å². The van der Waals surface area contributed by atoms with Crippen molar-refractivity contribution in [2.75, 3.05) is 0 Å². The quantitative estimate of drug-likeness (QED) is 0.636. The van der Waals surface area contributed by atoms with Crippen LogP contribution in [0.25, 0.3) is 0 Å². The SMILES string of the molecule is CCCc1nnsc1C(=O)NCc1ccc(C(=O)c2cccs2)s1. The molecule has 0 radical (unpaired) electrons. The molecule has 1 amide bonds. The van der Waals surface area contributed by atoms with Crippen LogP contribution in [0.3, 0.4) is 0 Å². The molecule has 1 N–H and O–H groups in total. The predicted molar refractivity (Wildman–Crippen MR) is 97.1 cm³/mol. The van der Waals surface area contributed by atoms with Gasteiger partial charge in [0.2, 0.25) is 5.78 Å². The average Bonchev–Trinajstić information content (AvgIpc) is 3.32. The number of amides is 1. The van der Waals surface area contributed by atoms with Gasteiger partial charge in [0.05, 0.1) is 22.0 Å². The molecule has 0 aliphatic rings. The molecule has 3 heterocycles. The van der Waals surface area contributed by atoms with Crippen molar-refractivity contribution in [2.45, 2.75) is 26.3 Å². The number of aromatic nitrogens is 2. The zero-order chi connectivity index (χ0) is 16.9. The molecule has 124 valence electrons. The van der Waals surface area contributed by atoms with Crippen LogP contribution in [0.5, 0.6) is 0 Å². The standard InChI is InChI=1S/C16H15N3O2S3/c1-2-4-11-15(24-19-18-11)16(21)17-9-10-6-7-13(23-10)14(20)12-5-3-8-22-12/h3,5-8H,2,4,9H2,1H3,(H,17,21).